The van der Waals surface area contributed by atoms with E-state index in [9.17, 15) is 17.6 Å². The standard InChI is InChI=1S/C26H29FN2O3S2/c1-3-4-15-28(34(31,32)22-11-9-21(27)10-12-22)18-25(30)29-16-13-24-23(14-17-33-24)26(29)20-7-5-19(2)6-8-20/h5-12,14,17,26H,3-4,13,15-16,18H2,1-2H3. The highest BCUT2D eigenvalue weighted by Crippen LogP contribution is 2.38. The number of carbonyl (C=O) groups is 1. The summed E-state index contributed by atoms with van der Waals surface area (Å²) in [6.07, 6.45) is 2.17. The zero-order chi connectivity index (χ0) is 24.3. The molecule has 180 valence electrons. The third-order valence-electron chi connectivity index (χ3n) is 6.20. The van der Waals surface area contributed by atoms with E-state index in [1.807, 2.05) is 43.5 Å². The van der Waals surface area contributed by atoms with Gasteiger partial charge in [-0.3, -0.25) is 4.79 Å². The SMILES string of the molecule is CCCCN(CC(=O)N1CCc2sccc2C1c1ccc(C)cc1)S(=O)(=O)c1ccc(F)cc1. The van der Waals surface area contributed by atoms with Crippen LogP contribution in [0.3, 0.4) is 0 Å². The molecule has 0 aliphatic carbocycles. The maximum atomic E-state index is 13.6. The average Bonchev–Trinajstić information content (AvgIpc) is 3.31. The molecule has 0 spiro atoms. The van der Waals surface area contributed by atoms with Gasteiger partial charge in [-0.05, 0) is 66.6 Å². The Bertz CT molecular complexity index is 1240. The first kappa shape index (κ1) is 24.6. The van der Waals surface area contributed by atoms with E-state index >= 15 is 0 Å². The molecule has 0 fully saturated rings. The zero-order valence-electron chi connectivity index (χ0n) is 19.4. The molecule has 0 N–H and O–H groups in total. The fourth-order valence-electron chi connectivity index (χ4n) is 4.31. The predicted octanol–water partition coefficient (Wildman–Crippen LogP) is 5.16. The average molecular weight is 501 g/mol. The molecule has 5 nitrogen and oxygen atoms in total. The van der Waals surface area contributed by atoms with Crippen LogP contribution in [0.4, 0.5) is 4.39 Å². The Labute approximate surface area is 204 Å². The summed E-state index contributed by atoms with van der Waals surface area (Å²) in [5.41, 5.74) is 3.26. The van der Waals surface area contributed by atoms with E-state index in [0.717, 1.165) is 41.7 Å². The van der Waals surface area contributed by atoms with Gasteiger partial charge in [0.15, 0.2) is 0 Å². The van der Waals surface area contributed by atoms with Gasteiger partial charge in [-0.1, -0.05) is 43.2 Å². The van der Waals surface area contributed by atoms with Crippen LogP contribution in [0.15, 0.2) is 64.9 Å². The van der Waals surface area contributed by atoms with Gasteiger partial charge in [0.1, 0.15) is 5.82 Å². The van der Waals surface area contributed by atoms with Gasteiger partial charge >= 0.3 is 0 Å². The third kappa shape index (κ3) is 5.09. The third-order valence-corrected chi connectivity index (χ3v) is 9.06. The van der Waals surface area contributed by atoms with Crippen molar-refractivity contribution >= 4 is 27.3 Å². The number of benzene rings is 2. The summed E-state index contributed by atoms with van der Waals surface area (Å²) in [4.78, 5) is 16.7. The van der Waals surface area contributed by atoms with Crippen molar-refractivity contribution in [1.29, 1.82) is 0 Å². The second-order valence-corrected chi connectivity index (χ2v) is 11.5. The summed E-state index contributed by atoms with van der Waals surface area (Å²) < 4.78 is 41.3. The highest BCUT2D eigenvalue weighted by atomic mass is 32.2. The minimum Gasteiger partial charge on any atom is -0.330 e. The number of sulfonamides is 1. The fourth-order valence-corrected chi connectivity index (χ4v) is 6.64. The Balaban J connectivity index is 1.64. The number of amides is 1. The number of aryl methyl sites for hydroxylation is 1. The number of unbranched alkanes of at least 4 members (excludes halogenated alkanes) is 1. The van der Waals surface area contributed by atoms with Gasteiger partial charge in [0.25, 0.3) is 0 Å². The van der Waals surface area contributed by atoms with Crippen LogP contribution in [-0.2, 0) is 21.2 Å². The van der Waals surface area contributed by atoms with Crippen molar-refractivity contribution in [3.63, 3.8) is 0 Å². The molecule has 2 aromatic carbocycles. The Morgan fingerprint density at radius 2 is 1.82 bits per heavy atom. The monoisotopic (exact) mass is 500 g/mol. The van der Waals surface area contributed by atoms with Gasteiger partial charge in [0, 0.05) is 18.0 Å². The molecule has 1 amide bonds. The van der Waals surface area contributed by atoms with Crippen molar-refractivity contribution in [2.45, 2.75) is 44.0 Å². The Morgan fingerprint density at radius 3 is 2.50 bits per heavy atom. The predicted molar refractivity (Wildman–Crippen MR) is 133 cm³/mol. The molecule has 3 aromatic rings. The molecular weight excluding hydrogens is 471 g/mol. The van der Waals surface area contributed by atoms with Crippen molar-refractivity contribution in [1.82, 2.24) is 9.21 Å². The highest BCUT2D eigenvalue weighted by molar-refractivity contribution is 7.89. The molecule has 0 saturated carbocycles. The first-order valence-electron chi connectivity index (χ1n) is 11.5. The topological polar surface area (TPSA) is 57.7 Å². The molecule has 1 aliphatic rings. The molecule has 1 atom stereocenters. The van der Waals surface area contributed by atoms with E-state index in [4.69, 9.17) is 0 Å². The molecule has 1 aliphatic heterocycles. The maximum absolute atomic E-state index is 13.6. The van der Waals surface area contributed by atoms with Crippen LogP contribution >= 0.6 is 11.3 Å². The number of hydrogen-bond donors (Lipinski definition) is 0. The molecule has 4 rings (SSSR count). The van der Waals surface area contributed by atoms with E-state index in [0.29, 0.717) is 13.0 Å². The second-order valence-electron chi connectivity index (χ2n) is 8.60. The number of carbonyl (C=O) groups excluding carboxylic acids is 1. The molecule has 1 unspecified atom stereocenters. The smallest absolute Gasteiger partial charge is 0.243 e. The lowest BCUT2D eigenvalue weighted by Gasteiger charge is -2.37. The van der Waals surface area contributed by atoms with Crippen LogP contribution in [0.2, 0.25) is 0 Å². The molecule has 0 saturated heterocycles. The fraction of sp³-hybridized carbons (Fsp3) is 0.346. The van der Waals surface area contributed by atoms with Crippen molar-refractivity contribution < 1.29 is 17.6 Å². The first-order valence-corrected chi connectivity index (χ1v) is 13.8. The molecule has 0 bridgehead atoms. The number of halogens is 1. The van der Waals surface area contributed by atoms with Crippen LogP contribution in [0.1, 0.15) is 47.4 Å². The second kappa shape index (κ2) is 10.4. The van der Waals surface area contributed by atoms with Crippen LogP contribution in [0.5, 0.6) is 0 Å². The van der Waals surface area contributed by atoms with Crippen LogP contribution in [-0.4, -0.2) is 43.2 Å². The van der Waals surface area contributed by atoms with E-state index in [-0.39, 0.29) is 29.9 Å². The van der Waals surface area contributed by atoms with Gasteiger partial charge < -0.3 is 4.90 Å². The van der Waals surface area contributed by atoms with Crippen molar-refractivity contribution in [3.8, 4) is 0 Å². The highest BCUT2D eigenvalue weighted by Gasteiger charge is 2.35. The van der Waals surface area contributed by atoms with Gasteiger partial charge in [0.05, 0.1) is 17.5 Å². The lowest BCUT2D eigenvalue weighted by molar-refractivity contribution is -0.133. The Hall–Kier alpha value is -2.55. The number of nitrogens with zero attached hydrogens (tertiary/aromatic N) is 2. The molecular formula is C26H29FN2O3S2. The van der Waals surface area contributed by atoms with Crippen LogP contribution < -0.4 is 0 Å². The summed E-state index contributed by atoms with van der Waals surface area (Å²) in [6.45, 7) is 4.51. The van der Waals surface area contributed by atoms with E-state index in [1.54, 1.807) is 16.2 Å². The normalized spacial score (nSPS) is 16.0. The molecule has 2 heterocycles. The van der Waals surface area contributed by atoms with Gasteiger partial charge in [0.2, 0.25) is 15.9 Å². The Kier molecular flexibility index (Phi) is 7.50. The van der Waals surface area contributed by atoms with Crippen molar-refractivity contribution in [3.05, 3.63) is 87.4 Å². The molecule has 1 aromatic heterocycles. The van der Waals surface area contributed by atoms with Crippen LogP contribution in [0, 0.1) is 12.7 Å². The van der Waals surface area contributed by atoms with E-state index in [1.165, 1.54) is 21.3 Å². The molecule has 0 radical (unpaired) electrons. The number of thiophene rings is 1. The summed E-state index contributed by atoms with van der Waals surface area (Å²) in [7, 11) is -3.94. The van der Waals surface area contributed by atoms with Gasteiger partial charge in [-0.25, -0.2) is 12.8 Å². The summed E-state index contributed by atoms with van der Waals surface area (Å²) in [5, 5.41) is 2.05. The van der Waals surface area contributed by atoms with E-state index < -0.39 is 15.8 Å². The quantitative estimate of drug-likeness (QED) is 0.429. The van der Waals surface area contributed by atoms with Gasteiger partial charge in [-0.2, -0.15) is 4.31 Å². The zero-order valence-corrected chi connectivity index (χ0v) is 21.0. The summed E-state index contributed by atoms with van der Waals surface area (Å²) in [5.74, 6) is -0.736. The van der Waals surface area contributed by atoms with Crippen molar-refractivity contribution in [2.24, 2.45) is 0 Å². The van der Waals surface area contributed by atoms with Crippen molar-refractivity contribution in [2.75, 3.05) is 19.6 Å². The summed E-state index contributed by atoms with van der Waals surface area (Å²) in [6, 6.07) is 14.7. The number of fused-ring (bicyclic) bond motifs is 1. The molecule has 8 heteroatoms. The number of hydrogen-bond acceptors (Lipinski definition) is 4. The summed E-state index contributed by atoms with van der Waals surface area (Å²) >= 11 is 1.69. The van der Waals surface area contributed by atoms with Gasteiger partial charge in [-0.15, -0.1) is 11.3 Å². The minimum atomic E-state index is -3.94. The first-order chi connectivity index (χ1) is 16.3. The minimum absolute atomic E-state index is 0.00773. The largest absolute Gasteiger partial charge is 0.330 e. The Morgan fingerprint density at radius 1 is 1.12 bits per heavy atom. The molecule has 34 heavy (non-hydrogen) atoms. The maximum Gasteiger partial charge on any atom is 0.243 e. The number of rotatable bonds is 8. The lowest BCUT2D eigenvalue weighted by Crippen LogP contribution is -2.47. The van der Waals surface area contributed by atoms with Crippen LogP contribution in [0.25, 0.3) is 0 Å². The van der Waals surface area contributed by atoms with E-state index in [2.05, 4.69) is 6.07 Å². The lowest BCUT2D eigenvalue weighted by atomic mass is 9.92.